The first-order valence-corrected chi connectivity index (χ1v) is 6.41. The van der Waals surface area contributed by atoms with Crippen molar-refractivity contribution in [1.82, 2.24) is 4.90 Å². The SMILES string of the molecule is CC1C(C(=O)O)CCN1C(=O)c1cccc([N+](=O)[O-])c1N. The van der Waals surface area contributed by atoms with Gasteiger partial charge in [-0.25, -0.2) is 0 Å². The summed E-state index contributed by atoms with van der Waals surface area (Å²) in [7, 11) is 0. The molecule has 1 aliphatic heterocycles. The third kappa shape index (κ3) is 2.51. The zero-order valence-electron chi connectivity index (χ0n) is 11.4. The van der Waals surface area contributed by atoms with E-state index in [1.165, 1.54) is 23.1 Å². The second kappa shape index (κ2) is 5.39. The van der Waals surface area contributed by atoms with Gasteiger partial charge in [-0.1, -0.05) is 6.07 Å². The molecule has 2 unspecified atom stereocenters. The van der Waals surface area contributed by atoms with Gasteiger partial charge >= 0.3 is 5.97 Å². The lowest BCUT2D eigenvalue weighted by atomic mass is 10.0. The van der Waals surface area contributed by atoms with E-state index in [2.05, 4.69) is 0 Å². The molecule has 0 aliphatic carbocycles. The maximum atomic E-state index is 12.5. The Balaban J connectivity index is 2.32. The quantitative estimate of drug-likeness (QED) is 0.488. The fourth-order valence-electron chi connectivity index (χ4n) is 2.61. The Hall–Kier alpha value is -2.64. The molecule has 0 aromatic heterocycles. The second-order valence-electron chi connectivity index (χ2n) is 4.97. The normalized spacial score (nSPS) is 21.3. The number of carbonyl (C=O) groups excluding carboxylic acids is 1. The van der Waals surface area contributed by atoms with Crippen LogP contribution in [-0.4, -0.2) is 39.4 Å². The number of nitrogens with two attached hydrogens (primary N) is 1. The summed E-state index contributed by atoms with van der Waals surface area (Å²) < 4.78 is 0. The minimum absolute atomic E-state index is 0.0297. The average molecular weight is 293 g/mol. The third-order valence-electron chi connectivity index (χ3n) is 3.84. The number of anilines is 1. The second-order valence-corrected chi connectivity index (χ2v) is 4.97. The maximum Gasteiger partial charge on any atom is 0.308 e. The number of rotatable bonds is 3. The van der Waals surface area contributed by atoms with Gasteiger partial charge in [0.05, 0.1) is 16.4 Å². The van der Waals surface area contributed by atoms with Crippen molar-refractivity contribution in [2.45, 2.75) is 19.4 Å². The summed E-state index contributed by atoms with van der Waals surface area (Å²) in [6.45, 7) is 1.94. The number of amides is 1. The summed E-state index contributed by atoms with van der Waals surface area (Å²) in [5, 5.41) is 19.9. The number of nitrogens with zero attached hydrogens (tertiary/aromatic N) is 2. The predicted molar refractivity (Wildman–Crippen MR) is 73.8 cm³/mol. The molecule has 2 atom stereocenters. The van der Waals surface area contributed by atoms with Crippen LogP contribution in [0.5, 0.6) is 0 Å². The van der Waals surface area contributed by atoms with Crippen LogP contribution < -0.4 is 5.73 Å². The molecule has 1 aromatic rings. The van der Waals surface area contributed by atoms with Crippen LogP contribution in [0.1, 0.15) is 23.7 Å². The lowest BCUT2D eigenvalue weighted by Gasteiger charge is -2.23. The first kappa shape index (κ1) is 14.8. The number of likely N-dealkylation sites (tertiary alicyclic amines) is 1. The molecule has 0 bridgehead atoms. The van der Waals surface area contributed by atoms with E-state index in [0.29, 0.717) is 13.0 Å². The van der Waals surface area contributed by atoms with Crippen LogP contribution in [0.4, 0.5) is 11.4 Å². The molecule has 0 spiro atoms. The van der Waals surface area contributed by atoms with Crippen LogP contribution in [-0.2, 0) is 4.79 Å². The van der Waals surface area contributed by atoms with Gasteiger partial charge in [0.15, 0.2) is 0 Å². The largest absolute Gasteiger partial charge is 0.481 e. The summed E-state index contributed by atoms with van der Waals surface area (Å²) in [5.74, 6) is -2.06. The van der Waals surface area contributed by atoms with E-state index in [0.717, 1.165) is 0 Å². The van der Waals surface area contributed by atoms with E-state index in [1.54, 1.807) is 6.92 Å². The Labute approximate surface area is 120 Å². The van der Waals surface area contributed by atoms with Gasteiger partial charge in [0.25, 0.3) is 11.6 Å². The van der Waals surface area contributed by atoms with Crippen molar-refractivity contribution < 1.29 is 19.6 Å². The van der Waals surface area contributed by atoms with E-state index < -0.39 is 28.8 Å². The van der Waals surface area contributed by atoms with E-state index in [-0.39, 0.29) is 16.9 Å². The topological polar surface area (TPSA) is 127 Å². The number of aliphatic carboxylic acids is 1. The Morgan fingerprint density at radius 1 is 1.48 bits per heavy atom. The first-order chi connectivity index (χ1) is 9.84. The van der Waals surface area contributed by atoms with Gasteiger partial charge in [-0.05, 0) is 19.4 Å². The molecular weight excluding hydrogens is 278 g/mol. The molecule has 21 heavy (non-hydrogen) atoms. The van der Waals surface area contributed by atoms with Gasteiger partial charge in [-0.3, -0.25) is 19.7 Å². The smallest absolute Gasteiger partial charge is 0.308 e. The highest BCUT2D eigenvalue weighted by Crippen LogP contribution is 2.30. The molecule has 3 N–H and O–H groups in total. The van der Waals surface area contributed by atoms with Crippen LogP contribution in [0.3, 0.4) is 0 Å². The van der Waals surface area contributed by atoms with Gasteiger partial charge in [-0.2, -0.15) is 0 Å². The molecular formula is C13H15N3O5. The Kier molecular flexibility index (Phi) is 3.79. The van der Waals surface area contributed by atoms with Crippen molar-refractivity contribution in [2.24, 2.45) is 5.92 Å². The van der Waals surface area contributed by atoms with Crippen LogP contribution in [0.2, 0.25) is 0 Å². The number of nitrogen functional groups attached to an aromatic ring is 1. The van der Waals surface area contributed by atoms with Crippen molar-refractivity contribution in [2.75, 3.05) is 12.3 Å². The monoisotopic (exact) mass is 293 g/mol. The number of benzene rings is 1. The van der Waals surface area contributed by atoms with Gasteiger partial charge < -0.3 is 15.7 Å². The molecule has 1 heterocycles. The molecule has 1 saturated heterocycles. The van der Waals surface area contributed by atoms with Gasteiger partial charge in [0.2, 0.25) is 0 Å². The van der Waals surface area contributed by atoms with Crippen molar-refractivity contribution >= 4 is 23.3 Å². The van der Waals surface area contributed by atoms with Gasteiger partial charge in [0, 0.05) is 18.7 Å². The molecule has 0 saturated carbocycles. The van der Waals surface area contributed by atoms with Crippen LogP contribution in [0.25, 0.3) is 0 Å². The molecule has 1 fully saturated rings. The first-order valence-electron chi connectivity index (χ1n) is 6.41. The number of hydrogen-bond donors (Lipinski definition) is 2. The predicted octanol–water partition coefficient (Wildman–Crippen LogP) is 1.11. The number of nitro benzene ring substituents is 1. The lowest BCUT2D eigenvalue weighted by Crippen LogP contribution is -2.38. The van der Waals surface area contributed by atoms with Crippen molar-refractivity contribution in [3.63, 3.8) is 0 Å². The van der Waals surface area contributed by atoms with Crippen LogP contribution >= 0.6 is 0 Å². The average Bonchev–Trinajstić information content (AvgIpc) is 2.80. The number of para-hydroxylation sites is 1. The number of carboxylic acid groups (broad SMARTS) is 1. The van der Waals surface area contributed by atoms with E-state index in [1.807, 2.05) is 0 Å². The van der Waals surface area contributed by atoms with Gasteiger partial charge in [0.1, 0.15) is 5.69 Å². The highest BCUT2D eigenvalue weighted by atomic mass is 16.6. The highest BCUT2D eigenvalue weighted by Gasteiger charge is 2.39. The highest BCUT2D eigenvalue weighted by molar-refractivity contribution is 6.01. The van der Waals surface area contributed by atoms with Crippen LogP contribution in [0, 0.1) is 16.0 Å². The molecule has 0 radical (unpaired) electrons. The molecule has 1 aliphatic rings. The summed E-state index contributed by atoms with van der Waals surface area (Å²) in [6.07, 6.45) is 0.358. The van der Waals surface area contributed by atoms with Crippen LogP contribution in [0.15, 0.2) is 18.2 Å². The summed E-state index contributed by atoms with van der Waals surface area (Å²) in [4.78, 5) is 35.1. The van der Waals surface area contributed by atoms with Gasteiger partial charge in [-0.15, -0.1) is 0 Å². The summed E-state index contributed by atoms with van der Waals surface area (Å²) in [5.41, 5.74) is 5.19. The summed E-state index contributed by atoms with van der Waals surface area (Å²) >= 11 is 0. The summed E-state index contributed by atoms with van der Waals surface area (Å²) in [6, 6.07) is 3.54. The molecule has 8 nitrogen and oxygen atoms in total. The fourth-order valence-corrected chi connectivity index (χ4v) is 2.61. The lowest BCUT2D eigenvalue weighted by molar-refractivity contribution is -0.383. The number of carbonyl (C=O) groups is 2. The zero-order valence-corrected chi connectivity index (χ0v) is 11.4. The van der Waals surface area contributed by atoms with E-state index >= 15 is 0 Å². The van der Waals surface area contributed by atoms with Crippen molar-refractivity contribution in [3.8, 4) is 0 Å². The fraction of sp³-hybridized carbons (Fsp3) is 0.385. The molecule has 2 rings (SSSR count). The number of nitro groups is 1. The third-order valence-corrected chi connectivity index (χ3v) is 3.84. The minimum Gasteiger partial charge on any atom is -0.481 e. The molecule has 112 valence electrons. The Bertz CT molecular complexity index is 616. The molecule has 8 heteroatoms. The van der Waals surface area contributed by atoms with E-state index in [4.69, 9.17) is 10.8 Å². The zero-order chi connectivity index (χ0) is 15.7. The Morgan fingerprint density at radius 2 is 2.14 bits per heavy atom. The van der Waals surface area contributed by atoms with Crippen molar-refractivity contribution in [1.29, 1.82) is 0 Å². The molecule has 1 amide bonds. The standard InChI is InChI=1S/C13H15N3O5/c1-7-8(13(18)19)5-6-15(7)12(17)9-3-2-4-10(11(9)14)16(20)21/h2-4,7-8H,5-6,14H2,1H3,(H,18,19). The number of carboxylic acids is 1. The number of hydrogen-bond acceptors (Lipinski definition) is 5. The maximum absolute atomic E-state index is 12.5. The minimum atomic E-state index is -0.954. The Morgan fingerprint density at radius 3 is 2.67 bits per heavy atom. The molecule has 1 aromatic carbocycles. The van der Waals surface area contributed by atoms with Crippen molar-refractivity contribution in [3.05, 3.63) is 33.9 Å². The van der Waals surface area contributed by atoms with E-state index in [9.17, 15) is 19.7 Å².